The quantitative estimate of drug-likeness (QED) is 0.101. The van der Waals surface area contributed by atoms with Crippen LogP contribution in [0.5, 0.6) is 0 Å². The second-order valence-electron chi connectivity index (χ2n) is 46.5. The van der Waals surface area contributed by atoms with E-state index in [1.807, 2.05) is 6.20 Å². The van der Waals surface area contributed by atoms with Crippen LogP contribution in [-0.2, 0) is 79.6 Å². The average Bonchev–Trinajstić information content (AvgIpc) is 1.56. The molecular formula is C118H140N12+4. The highest BCUT2D eigenvalue weighted by molar-refractivity contribution is 6.16. The minimum absolute atomic E-state index is 0.190. The molecule has 130 heavy (non-hydrogen) atoms. The maximum absolute atomic E-state index is 5.37. The summed E-state index contributed by atoms with van der Waals surface area (Å²) in [4.78, 5) is 20.9. The third kappa shape index (κ3) is 17.2. The van der Waals surface area contributed by atoms with Gasteiger partial charge < -0.3 is 0 Å². The first-order valence-electron chi connectivity index (χ1n) is 47.7. The smallest absolute Gasteiger partial charge is 0.255 e. The Morgan fingerprint density at radius 1 is 0.292 bits per heavy atom. The molecule has 0 aliphatic heterocycles. The summed E-state index contributed by atoms with van der Waals surface area (Å²) >= 11 is 0. The normalized spacial score (nSPS) is 12.9. The maximum Gasteiger partial charge on any atom is 0.297 e. The number of hydrogen-bond donors (Lipinski definition) is 0. The van der Waals surface area contributed by atoms with Crippen LogP contribution in [0.2, 0.25) is 0 Å². The molecule has 12 aromatic heterocycles. The topological polar surface area (TPSA) is 85.5 Å². The molecule has 20 rings (SSSR count). The number of nitrogens with zero attached hydrogens (tertiary/aromatic N) is 12. The first-order chi connectivity index (χ1) is 61.1. The number of hydrogen-bond acceptors (Lipinski definition) is 4. The van der Waals surface area contributed by atoms with Gasteiger partial charge in [0.15, 0.2) is 44.1 Å². The number of benzene rings is 8. The molecule has 20 aromatic rings. The third-order valence-corrected chi connectivity index (χ3v) is 26.0. The Morgan fingerprint density at radius 2 is 0.677 bits per heavy atom. The zero-order chi connectivity index (χ0) is 93.0. The van der Waals surface area contributed by atoms with Crippen molar-refractivity contribution < 1.29 is 18.1 Å². The fourth-order valence-corrected chi connectivity index (χ4v) is 21.3. The van der Waals surface area contributed by atoms with Crippen LogP contribution >= 0.6 is 0 Å². The van der Waals surface area contributed by atoms with E-state index < -0.39 is 0 Å². The summed E-state index contributed by atoms with van der Waals surface area (Å²) in [6.45, 7) is 59.5. The summed E-state index contributed by atoms with van der Waals surface area (Å²) in [6.07, 6.45) is 10.1. The maximum atomic E-state index is 5.37. The lowest BCUT2D eigenvalue weighted by molar-refractivity contribution is -0.617. The SMILES string of the molecule is Cc1cc(CC(C)(C)C)nc2c3c(CC(C)(C)C)cccc3n3c4ccccc4[n+](C)c3c12.Cc1cc(CC(C)(C)C)nc2c3cc(CC(C)(C)C)ccc3n3c4ccccc4[n+](C)c3c12.Cc1cc(CC(C)(C)C)nc2c3ccc(CC(C)(C)C)cc3n3c4ccccc4[n+](C)c3c12.Cc1ccnc2c3cc(CC(C)C)ccc3[n+]3c4ccc(CC(C)C)cc4n(C)c3c12. The molecule has 0 unspecified atom stereocenters. The molecule has 12 nitrogen and oxygen atoms in total. The second kappa shape index (κ2) is 33.3. The summed E-state index contributed by atoms with van der Waals surface area (Å²) in [5.74, 6) is 1.28. The molecule has 0 N–H and O–H groups in total. The molecule has 0 radical (unpaired) electrons. The molecule has 0 fully saturated rings. The Balaban J connectivity index is 0.000000121. The van der Waals surface area contributed by atoms with Gasteiger partial charge in [0, 0.05) is 39.4 Å². The van der Waals surface area contributed by atoms with Crippen molar-refractivity contribution in [2.45, 2.75) is 231 Å². The van der Waals surface area contributed by atoms with Crippen LogP contribution in [0.25, 0.3) is 154 Å². The average molecular weight is 1730 g/mol. The standard InChI is InChI=1S/3C30H36N3.C28H32N3/c1-19-16-21(18-30(5,6)7)31-27-25(19)28-32(8)22-13-9-10-14-23(22)33(28)24-15-11-12-20(26(24)27)17-29(2,3)4;1-19-15-21(18-30(5,6)7)31-27-22-16-20(17-29(2,3)4)13-14-23(22)33-25-12-10-9-11-24(25)32(8)28(33)26(19)27;1-19-15-21(18-30(5,6)7)31-27-22-14-13-20(17-29(2,3)4)16-25(22)33-24-12-10-9-11-23(24)32(8)28(33)26(19)27;1-17(2)13-20-7-9-23-22(15-20)27-26(19(5)11-12-29-27)28-30(6)25-16-21(14-18(3)4)8-10-24(25)31(23)28/h3*9-16H,17-18H2,1-8H3;7-12,15-18H,13-14H2,1-6H3/q4*+1. The fraction of sp³-hybridized carbons (Fsp3) is 0.390. The Hall–Kier alpha value is -11.8. The fourth-order valence-electron chi connectivity index (χ4n) is 21.3. The van der Waals surface area contributed by atoms with Crippen molar-refractivity contribution in [3.8, 4) is 0 Å². The first kappa shape index (κ1) is 90.2. The number of pyridine rings is 8. The largest absolute Gasteiger partial charge is 0.297 e. The van der Waals surface area contributed by atoms with Gasteiger partial charge in [-0.1, -0.05) is 225 Å². The molecule has 0 amide bonds. The van der Waals surface area contributed by atoms with Crippen LogP contribution in [0, 0.1) is 72.0 Å². The monoisotopic (exact) mass is 1730 g/mol. The van der Waals surface area contributed by atoms with Crippen molar-refractivity contribution in [1.29, 1.82) is 0 Å². The van der Waals surface area contributed by atoms with Gasteiger partial charge in [0.1, 0.15) is 22.1 Å². The van der Waals surface area contributed by atoms with Crippen molar-refractivity contribution in [1.82, 2.24) is 37.7 Å². The molecule has 0 bridgehead atoms. The van der Waals surface area contributed by atoms with E-state index in [1.165, 1.54) is 199 Å². The number of aryl methyl sites for hydroxylation is 8. The Morgan fingerprint density at radius 3 is 1.16 bits per heavy atom. The number of para-hydroxylation sites is 6. The van der Waals surface area contributed by atoms with E-state index in [1.54, 1.807) is 0 Å². The van der Waals surface area contributed by atoms with Crippen molar-refractivity contribution >= 4 is 154 Å². The van der Waals surface area contributed by atoms with Crippen molar-refractivity contribution in [2.24, 2.45) is 72.5 Å². The van der Waals surface area contributed by atoms with Gasteiger partial charge >= 0.3 is 0 Å². The molecule has 0 saturated carbocycles. The molecule has 0 aliphatic carbocycles. The highest BCUT2D eigenvalue weighted by Crippen LogP contribution is 2.42. The molecule has 668 valence electrons. The Labute approximate surface area is 770 Å². The summed E-state index contributed by atoms with van der Waals surface area (Å²) < 4.78 is 19.2. The summed E-state index contributed by atoms with van der Waals surface area (Å²) in [5, 5.41) is 10.0. The molecule has 12 heterocycles. The molecular weight excluding hydrogens is 1590 g/mol. The number of rotatable bonds is 10. The highest BCUT2D eigenvalue weighted by Gasteiger charge is 2.34. The lowest BCUT2D eigenvalue weighted by Gasteiger charge is -2.21. The van der Waals surface area contributed by atoms with Crippen LogP contribution in [0.1, 0.15) is 219 Å². The van der Waals surface area contributed by atoms with Crippen LogP contribution in [0.3, 0.4) is 0 Å². The molecule has 0 saturated heterocycles. The van der Waals surface area contributed by atoms with Crippen LogP contribution in [-0.4, -0.2) is 37.7 Å². The lowest BCUT2D eigenvalue weighted by Crippen LogP contribution is -2.27. The molecule has 0 spiro atoms. The summed E-state index contributed by atoms with van der Waals surface area (Å²) in [7, 11) is 8.75. The first-order valence-corrected chi connectivity index (χ1v) is 47.7. The zero-order valence-electron chi connectivity index (χ0n) is 83.7. The minimum atomic E-state index is 0.190. The van der Waals surface area contributed by atoms with Gasteiger partial charge in [0.2, 0.25) is 0 Å². The molecule has 8 aromatic carbocycles. The summed E-state index contributed by atoms with van der Waals surface area (Å²) in [6, 6.07) is 69.9. The summed E-state index contributed by atoms with van der Waals surface area (Å²) in [5.41, 5.74) is 41.2. The number of fused-ring (bicyclic) bond motifs is 32. The van der Waals surface area contributed by atoms with Crippen LogP contribution in [0.15, 0.2) is 194 Å². The minimum Gasteiger partial charge on any atom is -0.255 e. The van der Waals surface area contributed by atoms with Gasteiger partial charge in [-0.05, 0) is 289 Å². The molecule has 12 heteroatoms. The predicted molar refractivity (Wildman–Crippen MR) is 551 cm³/mol. The van der Waals surface area contributed by atoms with Gasteiger partial charge in [-0.3, -0.25) is 19.9 Å². The van der Waals surface area contributed by atoms with Crippen molar-refractivity contribution in [3.63, 3.8) is 0 Å². The van der Waals surface area contributed by atoms with Gasteiger partial charge in [-0.25, -0.2) is 18.3 Å². The number of aromatic nitrogens is 12. The second-order valence-corrected chi connectivity index (χ2v) is 46.5. The van der Waals surface area contributed by atoms with Crippen LogP contribution < -0.4 is 18.1 Å². The van der Waals surface area contributed by atoms with E-state index in [2.05, 4.69) is 432 Å². The van der Waals surface area contributed by atoms with Crippen molar-refractivity contribution in [2.75, 3.05) is 0 Å². The van der Waals surface area contributed by atoms with Gasteiger partial charge in [-0.15, -0.1) is 0 Å². The van der Waals surface area contributed by atoms with E-state index in [0.29, 0.717) is 11.8 Å². The Kier molecular flexibility index (Phi) is 23.1. The van der Waals surface area contributed by atoms with E-state index in [9.17, 15) is 0 Å². The van der Waals surface area contributed by atoms with E-state index in [-0.39, 0.29) is 32.5 Å². The zero-order valence-corrected chi connectivity index (χ0v) is 83.7. The predicted octanol–water partition coefficient (Wildman–Crippen LogP) is 27.6. The van der Waals surface area contributed by atoms with E-state index in [0.717, 1.165) is 73.4 Å². The van der Waals surface area contributed by atoms with E-state index >= 15 is 0 Å². The van der Waals surface area contributed by atoms with Crippen LogP contribution in [0.4, 0.5) is 0 Å². The van der Waals surface area contributed by atoms with E-state index in [4.69, 9.17) is 19.9 Å². The third-order valence-electron chi connectivity index (χ3n) is 26.0. The highest BCUT2D eigenvalue weighted by atomic mass is 15.1. The molecule has 0 atom stereocenters. The number of imidazole rings is 4. The Bertz CT molecular complexity index is 7860. The lowest BCUT2D eigenvalue weighted by atomic mass is 9.86. The van der Waals surface area contributed by atoms with Gasteiger partial charge in [-0.2, -0.15) is 17.6 Å². The molecule has 0 aliphatic rings. The van der Waals surface area contributed by atoms with Crippen molar-refractivity contribution in [3.05, 3.63) is 261 Å². The van der Waals surface area contributed by atoms with Gasteiger partial charge in [0.05, 0.1) is 77.2 Å². The van der Waals surface area contributed by atoms with Gasteiger partial charge in [0.25, 0.3) is 22.6 Å².